The molecule has 1 aromatic heterocycles. The number of ether oxygens (including phenoxy) is 1. The Morgan fingerprint density at radius 2 is 1.84 bits per heavy atom. The van der Waals surface area contributed by atoms with E-state index >= 15 is 0 Å². The summed E-state index contributed by atoms with van der Waals surface area (Å²) in [4.78, 5) is 13.1. The van der Waals surface area contributed by atoms with E-state index in [-0.39, 0.29) is 0 Å². The van der Waals surface area contributed by atoms with Crippen molar-refractivity contribution in [2.24, 2.45) is 0 Å². The Bertz CT molecular complexity index is 417. The van der Waals surface area contributed by atoms with E-state index in [1.807, 2.05) is 6.07 Å². The van der Waals surface area contributed by atoms with Crippen molar-refractivity contribution >= 4 is 17.4 Å². The molecule has 2 aliphatic rings. The normalized spacial score (nSPS) is 22.7. The SMILES string of the molecule is Clc1cc(N2CCC(N3CCOCC3)CC2)ncn1. The monoisotopic (exact) mass is 282 g/mol. The molecule has 2 saturated heterocycles. The van der Waals surface area contributed by atoms with Gasteiger partial charge in [0.25, 0.3) is 0 Å². The summed E-state index contributed by atoms with van der Waals surface area (Å²) < 4.78 is 5.41. The van der Waals surface area contributed by atoms with Crippen LogP contribution in [0.4, 0.5) is 5.82 Å². The largest absolute Gasteiger partial charge is 0.379 e. The molecule has 3 heterocycles. The van der Waals surface area contributed by atoms with Crippen LogP contribution in [-0.4, -0.2) is 60.3 Å². The minimum Gasteiger partial charge on any atom is -0.379 e. The highest BCUT2D eigenvalue weighted by atomic mass is 35.5. The maximum absolute atomic E-state index is 5.91. The van der Waals surface area contributed by atoms with E-state index in [2.05, 4.69) is 19.8 Å². The number of aromatic nitrogens is 2. The van der Waals surface area contributed by atoms with Gasteiger partial charge in [-0.05, 0) is 12.8 Å². The van der Waals surface area contributed by atoms with Crippen LogP contribution in [0.5, 0.6) is 0 Å². The van der Waals surface area contributed by atoms with Crippen LogP contribution in [-0.2, 0) is 4.74 Å². The van der Waals surface area contributed by atoms with Gasteiger partial charge in [-0.15, -0.1) is 0 Å². The summed E-state index contributed by atoms with van der Waals surface area (Å²) in [5.41, 5.74) is 0. The topological polar surface area (TPSA) is 41.5 Å². The second-order valence-electron chi connectivity index (χ2n) is 5.07. The van der Waals surface area contributed by atoms with Gasteiger partial charge < -0.3 is 9.64 Å². The fourth-order valence-corrected chi connectivity index (χ4v) is 3.04. The van der Waals surface area contributed by atoms with Gasteiger partial charge in [0.15, 0.2) is 0 Å². The number of morpholine rings is 1. The van der Waals surface area contributed by atoms with Gasteiger partial charge in [0.1, 0.15) is 17.3 Å². The fraction of sp³-hybridized carbons (Fsp3) is 0.692. The summed E-state index contributed by atoms with van der Waals surface area (Å²) in [5, 5.41) is 0.514. The van der Waals surface area contributed by atoms with Crippen LogP contribution in [0.25, 0.3) is 0 Å². The molecular weight excluding hydrogens is 264 g/mol. The van der Waals surface area contributed by atoms with E-state index in [0.717, 1.165) is 45.2 Å². The summed E-state index contributed by atoms with van der Waals surface area (Å²) in [6.07, 6.45) is 3.90. The first-order valence-electron chi connectivity index (χ1n) is 6.87. The molecule has 5 nitrogen and oxygen atoms in total. The first-order valence-corrected chi connectivity index (χ1v) is 7.25. The third kappa shape index (κ3) is 3.16. The molecule has 2 aliphatic heterocycles. The highest BCUT2D eigenvalue weighted by molar-refractivity contribution is 6.29. The smallest absolute Gasteiger partial charge is 0.134 e. The summed E-state index contributed by atoms with van der Waals surface area (Å²) >= 11 is 5.91. The average Bonchev–Trinajstić information content (AvgIpc) is 2.48. The first kappa shape index (κ1) is 13.1. The second kappa shape index (κ2) is 6.03. The highest BCUT2D eigenvalue weighted by Crippen LogP contribution is 2.22. The predicted molar refractivity (Wildman–Crippen MR) is 74.7 cm³/mol. The first-order chi connectivity index (χ1) is 9.33. The Balaban J connectivity index is 1.57. The molecule has 0 aromatic carbocycles. The van der Waals surface area contributed by atoms with Gasteiger partial charge in [0.05, 0.1) is 13.2 Å². The predicted octanol–water partition coefficient (Wildman–Crippen LogP) is 1.43. The van der Waals surface area contributed by atoms with Crippen molar-refractivity contribution in [3.05, 3.63) is 17.5 Å². The lowest BCUT2D eigenvalue weighted by atomic mass is 10.0. The number of rotatable bonds is 2. The Labute approximate surface area is 118 Å². The molecule has 19 heavy (non-hydrogen) atoms. The van der Waals surface area contributed by atoms with E-state index < -0.39 is 0 Å². The zero-order valence-corrected chi connectivity index (χ0v) is 11.7. The molecule has 0 unspecified atom stereocenters. The van der Waals surface area contributed by atoms with Crippen LogP contribution in [0.3, 0.4) is 0 Å². The van der Waals surface area contributed by atoms with E-state index in [0.29, 0.717) is 11.2 Å². The van der Waals surface area contributed by atoms with Crippen LogP contribution in [0.2, 0.25) is 5.15 Å². The van der Waals surface area contributed by atoms with Crippen LogP contribution < -0.4 is 4.90 Å². The van der Waals surface area contributed by atoms with E-state index in [9.17, 15) is 0 Å². The average molecular weight is 283 g/mol. The molecule has 104 valence electrons. The van der Waals surface area contributed by atoms with Crippen molar-refractivity contribution in [1.29, 1.82) is 0 Å². The second-order valence-corrected chi connectivity index (χ2v) is 5.45. The Morgan fingerprint density at radius 3 is 2.53 bits per heavy atom. The zero-order chi connectivity index (χ0) is 13.1. The molecule has 0 bridgehead atoms. The van der Waals surface area contributed by atoms with E-state index in [1.165, 1.54) is 19.2 Å². The summed E-state index contributed by atoms with van der Waals surface area (Å²) in [6, 6.07) is 2.54. The van der Waals surface area contributed by atoms with Gasteiger partial charge in [-0.2, -0.15) is 0 Å². The molecule has 0 atom stereocenters. The number of hydrogen-bond donors (Lipinski definition) is 0. The summed E-state index contributed by atoms with van der Waals surface area (Å²) in [6.45, 7) is 5.97. The van der Waals surface area contributed by atoms with Gasteiger partial charge in [0.2, 0.25) is 0 Å². The molecule has 0 amide bonds. The molecule has 0 saturated carbocycles. The molecule has 6 heteroatoms. The zero-order valence-electron chi connectivity index (χ0n) is 11.0. The quantitative estimate of drug-likeness (QED) is 0.768. The molecule has 0 N–H and O–H groups in total. The van der Waals surface area contributed by atoms with Gasteiger partial charge in [-0.3, -0.25) is 4.90 Å². The van der Waals surface area contributed by atoms with Crippen molar-refractivity contribution in [3.63, 3.8) is 0 Å². The van der Waals surface area contributed by atoms with Crippen LogP contribution in [0.15, 0.2) is 12.4 Å². The lowest BCUT2D eigenvalue weighted by molar-refractivity contribution is 0.0115. The Kier molecular flexibility index (Phi) is 4.15. The van der Waals surface area contributed by atoms with Gasteiger partial charge in [0, 0.05) is 38.3 Å². The van der Waals surface area contributed by atoms with E-state index in [4.69, 9.17) is 16.3 Å². The van der Waals surface area contributed by atoms with Gasteiger partial charge in [-0.1, -0.05) is 11.6 Å². The van der Waals surface area contributed by atoms with Crippen molar-refractivity contribution < 1.29 is 4.74 Å². The minimum atomic E-state index is 0.514. The Morgan fingerprint density at radius 1 is 1.11 bits per heavy atom. The van der Waals surface area contributed by atoms with Gasteiger partial charge >= 0.3 is 0 Å². The minimum absolute atomic E-state index is 0.514. The number of anilines is 1. The molecule has 0 aliphatic carbocycles. The van der Waals surface area contributed by atoms with Crippen LogP contribution >= 0.6 is 11.6 Å². The van der Waals surface area contributed by atoms with Crippen molar-refractivity contribution in [2.75, 3.05) is 44.3 Å². The number of hydrogen-bond acceptors (Lipinski definition) is 5. The fourth-order valence-electron chi connectivity index (χ4n) is 2.90. The van der Waals surface area contributed by atoms with Crippen LogP contribution in [0, 0.1) is 0 Å². The maximum Gasteiger partial charge on any atom is 0.134 e. The molecule has 0 radical (unpaired) electrons. The van der Waals surface area contributed by atoms with Crippen molar-refractivity contribution in [2.45, 2.75) is 18.9 Å². The number of piperidine rings is 1. The van der Waals surface area contributed by atoms with Crippen LogP contribution in [0.1, 0.15) is 12.8 Å². The van der Waals surface area contributed by atoms with Crippen molar-refractivity contribution in [1.82, 2.24) is 14.9 Å². The third-order valence-electron chi connectivity index (χ3n) is 3.97. The molecule has 0 spiro atoms. The summed E-state index contributed by atoms with van der Waals surface area (Å²) in [7, 11) is 0. The van der Waals surface area contributed by atoms with Crippen molar-refractivity contribution in [3.8, 4) is 0 Å². The molecular formula is C13H19ClN4O. The Hall–Kier alpha value is -0.910. The summed E-state index contributed by atoms with van der Waals surface area (Å²) in [5.74, 6) is 0.945. The van der Waals surface area contributed by atoms with Gasteiger partial charge in [-0.25, -0.2) is 9.97 Å². The number of halogens is 1. The molecule has 2 fully saturated rings. The molecule has 1 aromatic rings. The molecule has 3 rings (SSSR count). The lowest BCUT2D eigenvalue weighted by Crippen LogP contribution is -2.49. The lowest BCUT2D eigenvalue weighted by Gasteiger charge is -2.40. The third-order valence-corrected chi connectivity index (χ3v) is 4.18. The maximum atomic E-state index is 5.91. The standard InChI is InChI=1S/C13H19ClN4O/c14-12-9-13(16-10-15-12)18-3-1-11(2-4-18)17-5-7-19-8-6-17/h9-11H,1-8H2. The number of nitrogens with zero attached hydrogens (tertiary/aromatic N) is 4. The highest BCUT2D eigenvalue weighted by Gasteiger charge is 2.26. The van der Waals surface area contributed by atoms with E-state index in [1.54, 1.807) is 0 Å².